The Balaban J connectivity index is 0.00000200. The van der Waals surface area contributed by atoms with E-state index < -0.39 is 10.0 Å². The molecule has 0 spiro atoms. The van der Waals surface area contributed by atoms with Crippen LogP contribution in [0.15, 0.2) is 29.2 Å². The summed E-state index contributed by atoms with van der Waals surface area (Å²) in [5.41, 5.74) is 0.455. The molecule has 1 unspecified atom stereocenters. The molecule has 20 heavy (non-hydrogen) atoms. The summed E-state index contributed by atoms with van der Waals surface area (Å²) in [6.07, 6.45) is 1.96. The van der Waals surface area contributed by atoms with Crippen molar-refractivity contribution >= 4 is 22.4 Å². The Morgan fingerprint density at radius 3 is 2.60 bits per heavy atom. The van der Waals surface area contributed by atoms with Crippen molar-refractivity contribution < 1.29 is 8.42 Å². The summed E-state index contributed by atoms with van der Waals surface area (Å²) >= 11 is 0. The molecule has 2 N–H and O–H groups in total. The van der Waals surface area contributed by atoms with Crippen LogP contribution in [-0.2, 0) is 10.0 Å². The van der Waals surface area contributed by atoms with E-state index in [9.17, 15) is 8.42 Å². The highest BCUT2D eigenvalue weighted by molar-refractivity contribution is 7.89. The average molecular weight is 316 g/mol. The van der Waals surface area contributed by atoms with E-state index in [4.69, 9.17) is 5.26 Å². The fourth-order valence-electron chi connectivity index (χ4n) is 2.15. The SMILES string of the molecule is Cl.N#Cc1ccc(S(=O)(=O)NCCC2CCNC2)cc1. The zero-order chi connectivity index (χ0) is 13.7. The molecule has 0 radical (unpaired) electrons. The van der Waals surface area contributed by atoms with Gasteiger partial charge in [-0.1, -0.05) is 0 Å². The van der Waals surface area contributed by atoms with Gasteiger partial charge >= 0.3 is 0 Å². The number of rotatable bonds is 5. The van der Waals surface area contributed by atoms with Crippen LogP contribution < -0.4 is 10.0 Å². The quantitative estimate of drug-likeness (QED) is 0.857. The lowest BCUT2D eigenvalue weighted by Gasteiger charge is -2.10. The van der Waals surface area contributed by atoms with E-state index in [1.165, 1.54) is 24.3 Å². The molecule has 2 rings (SSSR count). The Morgan fingerprint density at radius 1 is 1.35 bits per heavy atom. The number of nitrogens with zero attached hydrogens (tertiary/aromatic N) is 1. The number of hydrogen-bond donors (Lipinski definition) is 2. The molecule has 1 aliphatic rings. The molecular weight excluding hydrogens is 298 g/mol. The van der Waals surface area contributed by atoms with Crippen molar-refractivity contribution in [1.29, 1.82) is 5.26 Å². The van der Waals surface area contributed by atoms with Crippen molar-refractivity contribution in [2.24, 2.45) is 5.92 Å². The van der Waals surface area contributed by atoms with Crippen molar-refractivity contribution in [2.75, 3.05) is 19.6 Å². The van der Waals surface area contributed by atoms with Gasteiger partial charge in [0.2, 0.25) is 10.0 Å². The molecule has 1 aromatic rings. The fourth-order valence-corrected chi connectivity index (χ4v) is 3.20. The van der Waals surface area contributed by atoms with Crippen LogP contribution in [0.3, 0.4) is 0 Å². The van der Waals surface area contributed by atoms with Gasteiger partial charge in [0.1, 0.15) is 0 Å². The molecular formula is C13H18ClN3O2S. The molecule has 7 heteroatoms. The van der Waals surface area contributed by atoms with Crippen molar-refractivity contribution in [2.45, 2.75) is 17.7 Å². The van der Waals surface area contributed by atoms with Crippen LogP contribution >= 0.6 is 12.4 Å². The first-order valence-electron chi connectivity index (χ1n) is 6.32. The van der Waals surface area contributed by atoms with Gasteiger partial charge in [0.25, 0.3) is 0 Å². The zero-order valence-electron chi connectivity index (χ0n) is 11.0. The second kappa shape index (κ2) is 7.60. The highest BCUT2D eigenvalue weighted by Gasteiger charge is 2.17. The summed E-state index contributed by atoms with van der Waals surface area (Å²) in [6.45, 7) is 2.44. The number of hydrogen-bond acceptors (Lipinski definition) is 4. The van der Waals surface area contributed by atoms with Crippen LogP contribution in [0, 0.1) is 17.2 Å². The van der Waals surface area contributed by atoms with Crippen molar-refractivity contribution in [3.63, 3.8) is 0 Å². The van der Waals surface area contributed by atoms with E-state index in [1.807, 2.05) is 6.07 Å². The van der Waals surface area contributed by atoms with E-state index >= 15 is 0 Å². The summed E-state index contributed by atoms with van der Waals surface area (Å²) in [6, 6.07) is 7.90. The number of sulfonamides is 1. The first-order valence-corrected chi connectivity index (χ1v) is 7.81. The van der Waals surface area contributed by atoms with Crippen LogP contribution in [0.2, 0.25) is 0 Å². The Kier molecular flexibility index (Phi) is 6.43. The maximum Gasteiger partial charge on any atom is 0.240 e. The van der Waals surface area contributed by atoms with E-state index in [2.05, 4.69) is 10.0 Å². The normalized spacial score (nSPS) is 18.2. The van der Waals surface area contributed by atoms with Crippen LogP contribution in [0.4, 0.5) is 0 Å². The highest BCUT2D eigenvalue weighted by atomic mass is 35.5. The molecule has 1 aliphatic heterocycles. The first-order chi connectivity index (χ1) is 9.12. The Morgan fingerprint density at radius 2 is 2.05 bits per heavy atom. The third-order valence-corrected chi connectivity index (χ3v) is 4.78. The zero-order valence-corrected chi connectivity index (χ0v) is 12.6. The molecule has 1 saturated heterocycles. The lowest BCUT2D eigenvalue weighted by molar-refractivity contribution is 0.519. The van der Waals surface area contributed by atoms with E-state index in [0.717, 1.165) is 25.9 Å². The average Bonchev–Trinajstić information content (AvgIpc) is 2.92. The molecule has 1 atom stereocenters. The molecule has 0 amide bonds. The predicted octanol–water partition coefficient (Wildman–Crippen LogP) is 1.26. The topological polar surface area (TPSA) is 82.0 Å². The van der Waals surface area contributed by atoms with Gasteiger partial charge in [-0.05, 0) is 56.1 Å². The Labute approximate surface area is 125 Å². The molecule has 1 aromatic carbocycles. The molecule has 0 aromatic heterocycles. The van der Waals surface area contributed by atoms with Crippen LogP contribution in [-0.4, -0.2) is 28.1 Å². The molecule has 110 valence electrons. The van der Waals surface area contributed by atoms with Crippen molar-refractivity contribution in [3.8, 4) is 6.07 Å². The highest BCUT2D eigenvalue weighted by Crippen LogP contribution is 2.13. The van der Waals surface area contributed by atoms with Gasteiger partial charge in [-0.15, -0.1) is 12.4 Å². The minimum atomic E-state index is -3.46. The minimum Gasteiger partial charge on any atom is -0.316 e. The van der Waals surface area contributed by atoms with Gasteiger partial charge in [0.05, 0.1) is 16.5 Å². The van der Waals surface area contributed by atoms with Gasteiger partial charge < -0.3 is 5.32 Å². The van der Waals surface area contributed by atoms with Gasteiger partial charge in [0, 0.05) is 6.54 Å². The van der Waals surface area contributed by atoms with E-state index in [-0.39, 0.29) is 17.3 Å². The maximum atomic E-state index is 12.0. The maximum absolute atomic E-state index is 12.0. The van der Waals surface area contributed by atoms with Gasteiger partial charge in [-0.25, -0.2) is 13.1 Å². The molecule has 0 aliphatic carbocycles. The predicted molar refractivity (Wildman–Crippen MR) is 79.2 cm³/mol. The second-order valence-electron chi connectivity index (χ2n) is 4.68. The lowest BCUT2D eigenvalue weighted by Crippen LogP contribution is -2.26. The largest absolute Gasteiger partial charge is 0.316 e. The second-order valence-corrected chi connectivity index (χ2v) is 6.45. The Bertz CT molecular complexity index is 560. The van der Waals surface area contributed by atoms with Gasteiger partial charge in [-0.2, -0.15) is 5.26 Å². The smallest absolute Gasteiger partial charge is 0.240 e. The summed E-state index contributed by atoms with van der Waals surface area (Å²) in [7, 11) is -3.46. The number of benzene rings is 1. The minimum absolute atomic E-state index is 0. The summed E-state index contributed by atoms with van der Waals surface area (Å²) in [4.78, 5) is 0.205. The third-order valence-electron chi connectivity index (χ3n) is 3.30. The summed E-state index contributed by atoms with van der Waals surface area (Å²) in [5, 5.41) is 11.9. The third kappa shape index (κ3) is 4.46. The molecule has 1 heterocycles. The van der Waals surface area contributed by atoms with Crippen LogP contribution in [0.25, 0.3) is 0 Å². The standard InChI is InChI=1S/C13H17N3O2S.ClH/c14-9-11-1-3-13(4-2-11)19(17,18)16-8-6-12-5-7-15-10-12;/h1-4,12,15-16H,5-8,10H2;1H. The van der Waals surface area contributed by atoms with E-state index in [1.54, 1.807) is 0 Å². The summed E-state index contributed by atoms with van der Waals surface area (Å²) in [5.74, 6) is 0.559. The Hall–Kier alpha value is -1.13. The first kappa shape index (κ1) is 16.9. The number of nitriles is 1. The fraction of sp³-hybridized carbons (Fsp3) is 0.462. The van der Waals surface area contributed by atoms with Crippen LogP contribution in [0.1, 0.15) is 18.4 Å². The van der Waals surface area contributed by atoms with Gasteiger partial charge in [-0.3, -0.25) is 0 Å². The monoisotopic (exact) mass is 315 g/mol. The lowest BCUT2D eigenvalue weighted by atomic mass is 10.1. The molecule has 1 fully saturated rings. The molecule has 0 saturated carbocycles. The van der Waals surface area contributed by atoms with Gasteiger partial charge in [0.15, 0.2) is 0 Å². The van der Waals surface area contributed by atoms with Crippen LogP contribution in [0.5, 0.6) is 0 Å². The molecule has 5 nitrogen and oxygen atoms in total. The van der Waals surface area contributed by atoms with Crippen molar-refractivity contribution in [3.05, 3.63) is 29.8 Å². The number of halogens is 1. The number of nitrogens with one attached hydrogen (secondary N) is 2. The summed E-state index contributed by atoms with van der Waals surface area (Å²) < 4.78 is 26.6. The van der Waals surface area contributed by atoms with E-state index in [0.29, 0.717) is 18.0 Å². The van der Waals surface area contributed by atoms with Crippen molar-refractivity contribution in [1.82, 2.24) is 10.0 Å². The molecule has 0 bridgehead atoms.